The van der Waals surface area contributed by atoms with Gasteiger partial charge in [0.25, 0.3) is 5.91 Å². The Balaban J connectivity index is 1.51. The molecule has 0 atom stereocenters. The van der Waals surface area contributed by atoms with E-state index in [1.807, 2.05) is 48.5 Å². The molecule has 2 aromatic rings. The Labute approximate surface area is 172 Å². The number of benzene rings is 2. The number of hydrogen-bond acceptors (Lipinski definition) is 4. The van der Waals surface area contributed by atoms with Gasteiger partial charge >= 0.3 is 0 Å². The minimum absolute atomic E-state index is 0.0511. The van der Waals surface area contributed by atoms with E-state index in [9.17, 15) is 9.59 Å². The number of unbranched alkanes of at least 4 members (excludes halogenated alkanes) is 1. The number of carbonyl (C=O) groups excluding carboxylic acids is 2. The van der Waals surface area contributed by atoms with Gasteiger partial charge in [-0.2, -0.15) is 0 Å². The van der Waals surface area contributed by atoms with E-state index < -0.39 is 0 Å². The van der Waals surface area contributed by atoms with Gasteiger partial charge in [-0.25, -0.2) is 0 Å². The largest absolute Gasteiger partial charge is 0.375 e. The molecule has 1 aliphatic rings. The van der Waals surface area contributed by atoms with Crippen LogP contribution in [0.5, 0.6) is 0 Å². The van der Waals surface area contributed by atoms with Gasteiger partial charge in [-0.1, -0.05) is 25.5 Å². The van der Waals surface area contributed by atoms with E-state index >= 15 is 0 Å². The number of piperazine rings is 1. The molecule has 154 valence electrons. The molecule has 0 aromatic heterocycles. The zero-order valence-electron chi connectivity index (χ0n) is 17.3. The van der Waals surface area contributed by atoms with E-state index in [1.54, 1.807) is 0 Å². The fourth-order valence-electron chi connectivity index (χ4n) is 3.36. The lowest BCUT2D eigenvalue weighted by molar-refractivity contribution is -0.120. The predicted octanol–water partition coefficient (Wildman–Crippen LogP) is 2.79. The summed E-state index contributed by atoms with van der Waals surface area (Å²) >= 11 is 0. The Kier molecular flexibility index (Phi) is 7.11. The van der Waals surface area contributed by atoms with Crippen molar-refractivity contribution in [1.82, 2.24) is 10.6 Å². The summed E-state index contributed by atoms with van der Waals surface area (Å²) in [7, 11) is 2.07. The molecule has 1 heterocycles. The highest BCUT2D eigenvalue weighted by atomic mass is 16.2. The van der Waals surface area contributed by atoms with Crippen LogP contribution in [0.15, 0.2) is 48.5 Å². The highest BCUT2D eigenvalue weighted by Crippen LogP contribution is 2.17. The summed E-state index contributed by atoms with van der Waals surface area (Å²) in [4.78, 5) is 28.2. The van der Waals surface area contributed by atoms with Crippen LogP contribution in [0.3, 0.4) is 0 Å². The van der Waals surface area contributed by atoms with Gasteiger partial charge in [0.1, 0.15) is 0 Å². The highest BCUT2D eigenvalue weighted by molar-refractivity contribution is 5.94. The lowest BCUT2D eigenvalue weighted by atomic mass is 10.1. The maximum absolute atomic E-state index is 12.4. The minimum Gasteiger partial charge on any atom is -0.375 e. The normalized spacial score (nSPS) is 13.7. The molecule has 1 aliphatic heterocycles. The SMILES string of the molecule is CCCCN(C)c1ccc(C(=O)NCc2ccc(N3CCNC(=O)C3)cc2)cc1. The van der Waals surface area contributed by atoms with Gasteiger partial charge in [-0.05, 0) is 48.4 Å². The molecule has 0 unspecified atom stereocenters. The number of nitrogens with one attached hydrogen (secondary N) is 2. The second kappa shape index (κ2) is 9.96. The van der Waals surface area contributed by atoms with Crippen LogP contribution in [-0.4, -0.2) is 45.0 Å². The van der Waals surface area contributed by atoms with Gasteiger partial charge in [-0.15, -0.1) is 0 Å². The molecule has 2 aromatic carbocycles. The molecule has 6 heteroatoms. The van der Waals surface area contributed by atoms with Crippen molar-refractivity contribution in [3.05, 3.63) is 59.7 Å². The Morgan fingerprint density at radius 3 is 2.52 bits per heavy atom. The summed E-state index contributed by atoms with van der Waals surface area (Å²) in [6.07, 6.45) is 2.32. The van der Waals surface area contributed by atoms with Crippen LogP contribution < -0.4 is 20.4 Å². The van der Waals surface area contributed by atoms with E-state index in [1.165, 1.54) is 6.42 Å². The molecule has 29 heavy (non-hydrogen) atoms. The maximum atomic E-state index is 12.4. The van der Waals surface area contributed by atoms with Crippen LogP contribution in [0.4, 0.5) is 11.4 Å². The van der Waals surface area contributed by atoms with Crippen molar-refractivity contribution in [1.29, 1.82) is 0 Å². The zero-order valence-corrected chi connectivity index (χ0v) is 17.3. The molecular formula is C23H30N4O2. The molecule has 2 N–H and O–H groups in total. The molecule has 0 saturated carbocycles. The van der Waals surface area contributed by atoms with Crippen LogP contribution in [-0.2, 0) is 11.3 Å². The van der Waals surface area contributed by atoms with Crippen molar-refractivity contribution in [3.8, 4) is 0 Å². The first-order valence-corrected chi connectivity index (χ1v) is 10.3. The number of hydrogen-bond donors (Lipinski definition) is 2. The van der Waals surface area contributed by atoms with E-state index in [0.717, 1.165) is 36.4 Å². The van der Waals surface area contributed by atoms with Crippen molar-refractivity contribution in [2.45, 2.75) is 26.3 Å². The van der Waals surface area contributed by atoms with Crippen LogP contribution in [0.2, 0.25) is 0 Å². The van der Waals surface area contributed by atoms with Crippen LogP contribution >= 0.6 is 0 Å². The third-order valence-electron chi connectivity index (χ3n) is 5.21. The van der Waals surface area contributed by atoms with Crippen LogP contribution in [0.1, 0.15) is 35.7 Å². The third kappa shape index (κ3) is 5.73. The van der Waals surface area contributed by atoms with Gasteiger partial charge in [0.15, 0.2) is 0 Å². The Bertz CT molecular complexity index is 818. The maximum Gasteiger partial charge on any atom is 0.251 e. The standard InChI is InChI=1S/C23H30N4O2/c1-3-4-14-26(2)20-11-7-19(8-12-20)23(29)25-16-18-5-9-21(10-6-18)27-15-13-24-22(28)17-27/h5-12H,3-4,13-17H2,1-2H3,(H,24,28)(H,25,29). The first-order chi connectivity index (χ1) is 14.1. The smallest absolute Gasteiger partial charge is 0.251 e. The molecule has 0 spiro atoms. The molecule has 6 nitrogen and oxygen atoms in total. The number of anilines is 2. The van der Waals surface area contributed by atoms with E-state index in [0.29, 0.717) is 25.2 Å². The predicted molar refractivity (Wildman–Crippen MR) is 117 cm³/mol. The molecule has 0 bridgehead atoms. The average Bonchev–Trinajstić information content (AvgIpc) is 2.76. The molecular weight excluding hydrogens is 364 g/mol. The summed E-state index contributed by atoms with van der Waals surface area (Å²) in [6.45, 7) is 5.54. The average molecular weight is 395 g/mol. The fourth-order valence-corrected chi connectivity index (χ4v) is 3.36. The molecule has 3 rings (SSSR count). The zero-order chi connectivity index (χ0) is 20.6. The topological polar surface area (TPSA) is 64.7 Å². The first kappa shape index (κ1) is 20.7. The summed E-state index contributed by atoms with van der Waals surface area (Å²) in [5, 5.41) is 5.80. The van der Waals surface area contributed by atoms with Crippen molar-refractivity contribution in [2.24, 2.45) is 0 Å². The van der Waals surface area contributed by atoms with Gasteiger partial charge in [0, 0.05) is 50.2 Å². The first-order valence-electron chi connectivity index (χ1n) is 10.3. The van der Waals surface area contributed by atoms with Gasteiger partial charge in [-0.3, -0.25) is 9.59 Å². The number of carbonyl (C=O) groups is 2. The summed E-state index contributed by atoms with van der Waals surface area (Å²) in [6, 6.07) is 15.7. The Hall–Kier alpha value is -3.02. The van der Waals surface area contributed by atoms with Crippen molar-refractivity contribution in [3.63, 3.8) is 0 Å². The molecule has 2 amide bonds. The van der Waals surface area contributed by atoms with Gasteiger partial charge in [0.2, 0.25) is 5.91 Å². The quantitative estimate of drug-likeness (QED) is 0.723. The molecule has 1 saturated heterocycles. The van der Waals surface area contributed by atoms with Crippen LogP contribution in [0.25, 0.3) is 0 Å². The summed E-state index contributed by atoms with van der Waals surface area (Å²) < 4.78 is 0. The molecule has 0 aliphatic carbocycles. The van der Waals surface area contributed by atoms with Crippen molar-refractivity contribution in [2.75, 3.05) is 43.0 Å². The van der Waals surface area contributed by atoms with Crippen molar-refractivity contribution >= 4 is 23.2 Å². The van der Waals surface area contributed by atoms with Gasteiger partial charge < -0.3 is 20.4 Å². The van der Waals surface area contributed by atoms with E-state index in [2.05, 4.69) is 34.4 Å². The fraction of sp³-hybridized carbons (Fsp3) is 0.391. The Morgan fingerprint density at radius 1 is 1.14 bits per heavy atom. The Morgan fingerprint density at radius 2 is 1.86 bits per heavy atom. The number of nitrogens with zero attached hydrogens (tertiary/aromatic N) is 2. The van der Waals surface area contributed by atoms with Crippen molar-refractivity contribution < 1.29 is 9.59 Å². The second-order valence-corrected chi connectivity index (χ2v) is 7.44. The lowest BCUT2D eigenvalue weighted by Crippen LogP contribution is -2.47. The number of rotatable bonds is 8. The monoisotopic (exact) mass is 394 g/mol. The molecule has 0 radical (unpaired) electrons. The minimum atomic E-state index is -0.0791. The highest BCUT2D eigenvalue weighted by Gasteiger charge is 2.16. The number of amides is 2. The summed E-state index contributed by atoms with van der Waals surface area (Å²) in [5.41, 5.74) is 3.84. The lowest BCUT2D eigenvalue weighted by Gasteiger charge is -2.28. The summed E-state index contributed by atoms with van der Waals surface area (Å²) in [5.74, 6) is -0.0281. The third-order valence-corrected chi connectivity index (χ3v) is 5.21. The molecule has 1 fully saturated rings. The van der Waals surface area contributed by atoms with Crippen LogP contribution in [0, 0.1) is 0 Å². The van der Waals surface area contributed by atoms with E-state index in [-0.39, 0.29) is 11.8 Å². The van der Waals surface area contributed by atoms with E-state index in [4.69, 9.17) is 0 Å². The van der Waals surface area contributed by atoms with Gasteiger partial charge in [0.05, 0.1) is 6.54 Å². The second-order valence-electron chi connectivity index (χ2n) is 7.44.